The number of aliphatic hydroxyl groups is 1. The summed E-state index contributed by atoms with van der Waals surface area (Å²) in [4.78, 5) is 0. The molecule has 1 aromatic carbocycles. The van der Waals surface area contributed by atoms with Crippen LogP contribution in [0.3, 0.4) is 0 Å². The van der Waals surface area contributed by atoms with Gasteiger partial charge in [-0.2, -0.15) is 0 Å². The summed E-state index contributed by atoms with van der Waals surface area (Å²) in [5.74, 6) is 0.557. The molecule has 102 valence electrons. The molecule has 2 rings (SSSR count). The van der Waals surface area contributed by atoms with Crippen LogP contribution in [0.1, 0.15) is 31.6 Å². The molecule has 0 fully saturated rings. The first-order valence-electron chi connectivity index (χ1n) is 6.03. The van der Waals surface area contributed by atoms with Crippen molar-refractivity contribution in [3.8, 4) is 0 Å². The molecule has 0 saturated heterocycles. The van der Waals surface area contributed by atoms with Gasteiger partial charge in [-0.15, -0.1) is 10.2 Å². The zero-order chi connectivity index (χ0) is 13.8. The van der Waals surface area contributed by atoms with Crippen molar-refractivity contribution >= 4 is 27.7 Å². The predicted molar refractivity (Wildman–Crippen MR) is 80.2 cm³/mol. The van der Waals surface area contributed by atoms with Gasteiger partial charge in [-0.1, -0.05) is 39.8 Å². The molecule has 0 bridgehead atoms. The molecule has 0 radical (unpaired) electrons. The van der Waals surface area contributed by atoms with Gasteiger partial charge in [0.05, 0.1) is 6.10 Å². The highest BCUT2D eigenvalue weighted by Gasteiger charge is 2.13. The number of hydrogen-bond acceptors (Lipinski definition) is 4. The standard InChI is InChI=1S/C13H16BrN3OS/c1-9(2)17-8-15-16-13(17)19-7-12(18)10-4-3-5-11(14)6-10/h3-6,8-9,12,18H,7H2,1-2H3. The van der Waals surface area contributed by atoms with Crippen LogP contribution in [0, 0.1) is 0 Å². The molecule has 1 unspecified atom stereocenters. The van der Waals surface area contributed by atoms with E-state index in [4.69, 9.17) is 0 Å². The molecule has 4 nitrogen and oxygen atoms in total. The summed E-state index contributed by atoms with van der Waals surface area (Å²) in [7, 11) is 0. The Morgan fingerprint density at radius 3 is 2.89 bits per heavy atom. The monoisotopic (exact) mass is 341 g/mol. The van der Waals surface area contributed by atoms with Gasteiger partial charge in [0.25, 0.3) is 0 Å². The third kappa shape index (κ3) is 3.81. The SMILES string of the molecule is CC(C)n1cnnc1SCC(O)c1cccc(Br)c1. The molecule has 2 aromatic rings. The summed E-state index contributed by atoms with van der Waals surface area (Å²) in [5, 5.41) is 19.0. The topological polar surface area (TPSA) is 50.9 Å². The van der Waals surface area contributed by atoms with E-state index in [1.807, 2.05) is 28.8 Å². The Kier molecular flexibility index (Phi) is 5.01. The largest absolute Gasteiger partial charge is 0.388 e. The first-order chi connectivity index (χ1) is 9.08. The van der Waals surface area contributed by atoms with Gasteiger partial charge in [-0.3, -0.25) is 0 Å². The van der Waals surface area contributed by atoms with Crippen molar-refractivity contribution in [2.75, 3.05) is 5.75 Å². The van der Waals surface area contributed by atoms with E-state index in [2.05, 4.69) is 40.0 Å². The van der Waals surface area contributed by atoms with E-state index in [0.717, 1.165) is 15.2 Å². The fraction of sp³-hybridized carbons (Fsp3) is 0.385. The maximum Gasteiger partial charge on any atom is 0.191 e. The van der Waals surface area contributed by atoms with Gasteiger partial charge in [0.15, 0.2) is 5.16 Å². The molecule has 0 aliphatic rings. The highest BCUT2D eigenvalue weighted by Crippen LogP contribution is 2.26. The molecule has 6 heteroatoms. The minimum atomic E-state index is -0.514. The van der Waals surface area contributed by atoms with Gasteiger partial charge >= 0.3 is 0 Å². The Morgan fingerprint density at radius 2 is 2.21 bits per heavy atom. The molecule has 1 heterocycles. The molecule has 1 atom stereocenters. The van der Waals surface area contributed by atoms with E-state index in [0.29, 0.717) is 11.8 Å². The Balaban J connectivity index is 2.00. The minimum Gasteiger partial charge on any atom is -0.388 e. The normalized spacial score (nSPS) is 12.9. The molecular formula is C13H16BrN3OS. The van der Waals surface area contributed by atoms with Gasteiger partial charge < -0.3 is 9.67 Å². The molecule has 0 saturated carbocycles. The summed E-state index contributed by atoms with van der Waals surface area (Å²) in [6, 6.07) is 8.03. The van der Waals surface area contributed by atoms with Crippen LogP contribution in [-0.2, 0) is 0 Å². The third-order valence-corrected chi connectivity index (χ3v) is 4.23. The van der Waals surface area contributed by atoms with Crippen molar-refractivity contribution in [1.29, 1.82) is 0 Å². The maximum absolute atomic E-state index is 10.2. The van der Waals surface area contributed by atoms with Gasteiger partial charge in [-0.25, -0.2) is 0 Å². The molecule has 0 aliphatic heterocycles. The van der Waals surface area contributed by atoms with Crippen molar-refractivity contribution < 1.29 is 5.11 Å². The Hall–Kier alpha value is -0.850. The van der Waals surface area contributed by atoms with E-state index in [-0.39, 0.29) is 0 Å². The number of aliphatic hydroxyl groups excluding tert-OH is 1. The van der Waals surface area contributed by atoms with Crippen LogP contribution in [0.15, 0.2) is 40.2 Å². The highest BCUT2D eigenvalue weighted by atomic mass is 79.9. The van der Waals surface area contributed by atoms with Crippen molar-refractivity contribution in [2.45, 2.75) is 31.1 Å². The van der Waals surface area contributed by atoms with Crippen molar-refractivity contribution in [1.82, 2.24) is 14.8 Å². The fourth-order valence-corrected chi connectivity index (χ4v) is 3.08. The van der Waals surface area contributed by atoms with Crippen LogP contribution in [0.4, 0.5) is 0 Å². The van der Waals surface area contributed by atoms with Crippen LogP contribution in [0.5, 0.6) is 0 Å². The lowest BCUT2D eigenvalue weighted by Crippen LogP contribution is -2.04. The predicted octanol–water partition coefficient (Wildman–Crippen LogP) is 3.45. The average molecular weight is 342 g/mol. The highest BCUT2D eigenvalue weighted by molar-refractivity contribution is 9.10. The minimum absolute atomic E-state index is 0.320. The number of hydrogen-bond donors (Lipinski definition) is 1. The van der Waals surface area contributed by atoms with Gasteiger partial charge in [0, 0.05) is 16.3 Å². The Morgan fingerprint density at radius 1 is 1.42 bits per heavy atom. The summed E-state index contributed by atoms with van der Waals surface area (Å²) in [5.41, 5.74) is 0.900. The first-order valence-corrected chi connectivity index (χ1v) is 7.81. The van der Waals surface area contributed by atoms with Gasteiger partial charge in [0.1, 0.15) is 6.33 Å². The van der Waals surface area contributed by atoms with E-state index >= 15 is 0 Å². The second-order valence-electron chi connectivity index (χ2n) is 4.50. The third-order valence-electron chi connectivity index (χ3n) is 2.70. The number of benzene rings is 1. The lowest BCUT2D eigenvalue weighted by molar-refractivity contribution is 0.204. The lowest BCUT2D eigenvalue weighted by Gasteiger charge is -2.12. The number of nitrogens with zero attached hydrogens (tertiary/aromatic N) is 3. The molecule has 0 amide bonds. The number of rotatable bonds is 5. The number of aromatic nitrogens is 3. The fourth-order valence-electron chi connectivity index (χ4n) is 1.65. The van der Waals surface area contributed by atoms with E-state index in [1.165, 1.54) is 11.8 Å². The van der Waals surface area contributed by atoms with E-state index in [9.17, 15) is 5.11 Å². The van der Waals surface area contributed by atoms with Crippen molar-refractivity contribution in [3.05, 3.63) is 40.6 Å². The van der Waals surface area contributed by atoms with E-state index in [1.54, 1.807) is 6.33 Å². The summed E-state index contributed by atoms with van der Waals surface area (Å²) in [6.45, 7) is 4.16. The smallest absolute Gasteiger partial charge is 0.191 e. The quantitative estimate of drug-likeness (QED) is 0.846. The first kappa shape index (κ1) is 14.6. The van der Waals surface area contributed by atoms with Crippen LogP contribution in [-0.4, -0.2) is 25.6 Å². The summed E-state index contributed by atoms with van der Waals surface area (Å²) >= 11 is 4.92. The van der Waals surface area contributed by atoms with Gasteiger partial charge in [0.2, 0.25) is 0 Å². The summed E-state index contributed by atoms with van der Waals surface area (Å²) < 4.78 is 2.97. The van der Waals surface area contributed by atoms with E-state index < -0.39 is 6.10 Å². The van der Waals surface area contributed by atoms with Crippen LogP contribution >= 0.6 is 27.7 Å². The Labute approximate surface area is 125 Å². The number of halogens is 1. The lowest BCUT2D eigenvalue weighted by atomic mass is 10.1. The van der Waals surface area contributed by atoms with Crippen LogP contribution < -0.4 is 0 Å². The maximum atomic E-state index is 10.2. The molecule has 0 spiro atoms. The average Bonchev–Trinajstić information content (AvgIpc) is 2.84. The van der Waals surface area contributed by atoms with Crippen molar-refractivity contribution in [2.24, 2.45) is 0 Å². The molecular weight excluding hydrogens is 326 g/mol. The van der Waals surface area contributed by atoms with Gasteiger partial charge in [-0.05, 0) is 31.5 Å². The second kappa shape index (κ2) is 6.54. The molecule has 1 aromatic heterocycles. The number of thioether (sulfide) groups is 1. The molecule has 0 aliphatic carbocycles. The second-order valence-corrected chi connectivity index (χ2v) is 6.40. The van der Waals surface area contributed by atoms with Crippen LogP contribution in [0.25, 0.3) is 0 Å². The molecule has 19 heavy (non-hydrogen) atoms. The Bertz CT molecular complexity index is 544. The van der Waals surface area contributed by atoms with Crippen molar-refractivity contribution in [3.63, 3.8) is 0 Å². The summed E-state index contributed by atoms with van der Waals surface area (Å²) in [6.07, 6.45) is 1.21. The molecule has 1 N–H and O–H groups in total. The zero-order valence-corrected chi connectivity index (χ0v) is 13.2. The van der Waals surface area contributed by atoms with Crippen LogP contribution in [0.2, 0.25) is 0 Å². The zero-order valence-electron chi connectivity index (χ0n) is 10.8.